The van der Waals surface area contributed by atoms with Crippen LogP contribution in [0.3, 0.4) is 0 Å². The molecule has 0 saturated carbocycles. The van der Waals surface area contributed by atoms with Crippen LogP contribution in [0.1, 0.15) is 0 Å². The van der Waals surface area contributed by atoms with Gasteiger partial charge in [-0.05, 0) is 34.9 Å². The number of carbonyl (C=O) groups excluding carboxylic acids is 1. The standard InChI is InChI=1S/C13H10BrN5OS/c14-10-2-1-3-11(6-10)15-12(20)7-19-17-13(16-18-19)9-4-5-21-8-9/h1-6,8H,7H2,(H,15,20). The minimum Gasteiger partial charge on any atom is -0.324 e. The Balaban J connectivity index is 1.65. The number of aromatic nitrogens is 4. The second-order valence-corrected chi connectivity index (χ2v) is 5.91. The van der Waals surface area contributed by atoms with E-state index in [1.807, 2.05) is 41.1 Å². The third-order valence-electron chi connectivity index (χ3n) is 2.63. The Hall–Kier alpha value is -2.06. The maximum absolute atomic E-state index is 11.9. The highest BCUT2D eigenvalue weighted by Crippen LogP contribution is 2.17. The number of nitrogens with zero attached hydrogens (tertiary/aromatic N) is 4. The van der Waals surface area contributed by atoms with Crippen molar-refractivity contribution in [1.29, 1.82) is 0 Å². The van der Waals surface area contributed by atoms with Gasteiger partial charge in [0.25, 0.3) is 0 Å². The number of amides is 1. The fourth-order valence-corrected chi connectivity index (χ4v) is 2.75. The summed E-state index contributed by atoms with van der Waals surface area (Å²) in [6, 6.07) is 9.29. The summed E-state index contributed by atoms with van der Waals surface area (Å²) in [5, 5.41) is 18.7. The van der Waals surface area contributed by atoms with Gasteiger partial charge in [0.2, 0.25) is 11.7 Å². The van der Waals surface area contributed by atoms with Crippen LogP contribution in [0.4, 0.5) is 5.69 Å². The minimum atomic E-state index is -0.206. The van der Waals surface area contributed by atoms with Crippen LogP contribution in [0, 0.1) is 0 Å². The first-order chi connectivity index (χ1) is 10.2. The van der Waals surface area contributed by atoms with Crippen molar-refractivity contribution in [3.05, 3.63) is 45.6 Å². The van der Waals surface area contributed by atoms with E-state index in [-0.39, 0.29) is 12.5 Å². The lowest BCUT2D eigenvalue weighted by Gasteiger charge is -2.04. The maximum Gasteiger partial charge on any atom is 0.248 e. The molecule has 0 aliphatic carbocycles. The molecule has 2 aromatic heterocycles. The van der Waals surface area contributed by atoms with Gasteiger partial charge in [0.15, 0.2) is 0 Å². The first-order valence-electron chi connectivity index (χ1n) is 6.06. The van der Waals surface area contributed by atoms with Crippen molar-refractivity contribution < 1.29 is 4.79 Å². The molecular weight excluding hydrogens is 354 g/mol. The van der Waals surface area contributed by atoms with Crippen molar-refractivity contribution >= 4 is 38.9 Å². The summed E-state index contributed by atoms with van der Waals surface area (Å²) in [5.41, 5.74) is 1.62. The van der Waals surface area contributed by atoms with Crippen LogP contribution in [0.2, 0.25) is 0 Å². The van der Waals surface area contributed by atoms with E-state index in [1.165, 1.54) is 4.80 Å². The quantitative estimate of drug-likeness (QED) is 0.773. The molecule has 0 radical (unpaired) electrons. The largest absolute Gasteiger partial charge is 0.324 e. The number of hydrogen-bond acceptors (Lipinski definition) is 5. The molecule has 0 unspecified atom stereocenters. The maximum atomic E-state index is 11.9. The van der Waals surface area contributed by atoms with Crippen molar-refractivity contribution in [3.8, 4) is 11.4 Å². The Bertz CT molecular complexity index is 756. The molecule has 0 aliphatic heterocycles. The topological polar surface area (TPSA) is 72.7 Å². The molecule has 0 aliphatic rings. The normalized spacial score (nSPS) is 10.5. The summed E-state index contributed by atoms with van der Waals surface area (Å²) in [7, 11) is 0. The molecule has 0 atom stereocenters. The molecular formula is C13H10BrN5OS. The monoisotopic (exact) mass is 363 g/mol. The SMILES string of the molecule is O=C(Cn1nnc(-c2ccsc2)n1)Nc1cccc(Br)c1. The van der Waals surface area contributed by atoms with E-state index in [2.05, 4.69) is 36.7 Å². The fourth-order valence-electron chi connectivity index (χ4n) is 1.71. The van der Waals surface area contributed by atoms with E-state index in [9.17, 15) is 4.79 Å². The van der Waals surface area contributed by atoms with Crippen LogP contribution in [-0.2, 0) is 11.3 Å². The Morgan fingerprint density at radius 1 is 1.38 bits per heavy atom. The number of anilines is 1. The van der Waals surface area contributed by atoms with Gasteiger partial charge in [0.05, 0.1) is 0 Å². The van der Waals surface area contributed by atoms with Gasteiger partial charge < -0.3 is 5.32 Å². The lowest BCUT2D eigenvalue weighted by atomic mass is 10.3. The van der Waals surface area contributed by atoms with Crippen molar-refractivity contribution in [2.45, 2.75) is 6.54 Å². The predicted molar refractivity (Wildman–Crippen MR) is 83.9 cm³/mol. The average Bonchev–Trinajstić information content (AvgIpc) is 3.08. The number of thiophene rings is 1. The zero-order chi connectivity index (χ0) is 14.7. The van der Waals surface area contributed by atoms with Gasteiger partial charge in [-0.15, -0.1) is 10.2 Å². The molecule has 0 bridgehead atoms. The van der Waals surface area contributed by atoms with E-state index >= 15 is 0 Å². The predicted octanol–water partition coefficient (Wildman–Crippen LogP) is 2.80. The van der Waals surface area contributed by atoms with E-state index in [0.29, 0.717) is 11.5 Å². The third kappa shape index (κ3) is 3.53. The molecule has 3 rings (SSSR count). The molecule has 106 valence electrons. The first-order valence-corrected chi connectivity index (χ1v) is 7.80. The lowest BCUT2D eigenvalue weighted by Crippen LogP contribution is -2.20. The molecule has 0 spiro atoms. The van der Waals surface area contributed by atoms with Crippen LogP contribution in [-0.4, -0.2) is 26.1 Å². The van der Waals surface area contributed by atoms with Gasteiger partial charge in [-0.2, -0.15) is 16.1 Å². The van der Waals surface area contributed by atoms with Crippen LogP contribution >= 0.6 is 27.3 Å². The highest BCUT2D eigenvalue weighted by Gasteiger charge is 2.09. The second kappa shape index (κ2) is 6.15. The number of halogens is 1. The molecule has 6 nitrogen and oxygen atoms in total. The number of tetrazole rings is 1. The highest BCUT2D eigenvalue weighted by atomic mass is 79.9. The molecule has 0 saturated heterocycles. The van der Waals surface area contributed by atoms with Gasteiger partial charge in [-0.1, -0.05) is 22.0 Å². The van der Waals surface area contributed by atoms with Crippen molar-refractivity contribution in [1.82, 2.24) is 20.2 Å². The highest BCUT2D eigenvalue weighted by molar-refractivity contribution is 9.10. The Kier molecular flexibility index (Phi) is 4.07. The molecule has 0 fully saturated rings. The summed E-state index contributed by atoms with van der Waals surface area (Å²) in [6.07, 6.45) is 0. The van der Waals surface area contributed by atoms with Crippen LogP contribution in [0.15, 0.2) is 45.6 Å². The van der Waals surface area contributed by atoms with E-state index in [0.717, 1.165) is 10.0 Å². The van der Waals surface area contributed by atoms with Crippen LogP contribution < -0.4 is 5.32 Å². The second-order valence-electron chi connectivity index (χ2n) is 4.21. The summed E-state index contributed by atoms with van der Waals surface area (Å²) >= 11 is 4.91. The zero-order valence-electron chi connectivity index (χ0n) is 10.7. The van der Waals surface area contributed by atoms with Crippen LogP contribution in [0.5, 0.6) is 0 Å². The molecule has 1 amide bonds. The third-order valence-corrected chi connectivity index (χ3v) is 3.80. The zero-order valence-corrected chi connectivity index (χ0v) is 13.1. The Morgan fingerprint density at radius 2 is 2.29 bits per heavy atom. The van der Waals surface area contributed by atoms with Crippen LogP contribution in [0.25, 0.3) is 11.4 Å². The van der Waals surface area contributed by atoms with Gasteiger partial charge in [0, 0.05) is 21.1 Å². The van der Waals surface area contributed by atoms with E-state index < -0.39 is 0 Å². The molecule has 21 heavy (non-hydrogen) atoms. The average molecular weight is 364 g/mol. The van der Waals surface area contributed by atoms with E-state index in [1.54, 1.807) is 11.3 Å². The Labute approximate surface area is 132 Å². The molecule has 2 heterocycles. The minimum absolute atomic E-state index is 0.0175. The van der Waals surface area contributed by atoms with Crippen molar-refractivity contribution in [2.75, 3.05) is 5.32 Å². The van der Waals surface area contributed by atoms with Gasteiger partial charge in [0.1, 0.15) is 6.54 Å². The molecule has 1 N–H and O–H groups in total. The van der Waals surface area contributed by atoms with Gasteiger partial charge in [-0.3, -0.25) is 4.79 Å². The van der Waals surface area contributed by atoms with Gasteiger partial charge >= 0.3 is 0 Å². The van der Waals surface area contributed by atoms with Crippen molar-refractivity contribution in [3.63, 3.8) is 0 Å². The number of benzene rings is 1. The number of hydrogen-bond donors (Lipinski definition) is 1. The smallest absolute Gasteiger partial charge is 0.248 e. The lowest BCUT2D eigenvalue weighted by molar-refractivity contribution is -0.117. The first kappa shape index (κ1) is 13.9. The van der Waals surface area contributed by atoms with Crippen molar-refractivity contribution in [2.24, 2.45) is 0 Å². The summed E-state index contributed by atoms with van der Waals surface area (Å²) in [6.45, 7) is 0.0175. The van der Waals surface area contributed by atoms with E-state index in [4.69, 9.17) is 0 Å². The number of rotatable bonds is 4. The van der Waals surface area contributed by atoms with Gasteiger partial charge in [-0.25, -0.2) is 0 Å². The Morgan fingerprint density at radius 3 is 3.05 bits per heavy atom. The summed E-state index contributed by atoms with van der Waals surface area (Å²) in [5.74, 6) is 0.314. The summed E-state index contributed by atoms with van der Waals surface area (Å²) < 4.78 is 0.902. The summed E-state index contributed by atoms with van der Waals surface area (Å²) in [4.78, 5) is 13.2. The number of carbonyl (C=O) groups is 1. The fraction of sp³-hybridized carbons (Fsp3) is 0.0769. The molecule has 1 aromatic carbocycles. The molecule has 3 aromatic rings. The number of nitrogens with one attached hydrogen (secondary N) is 1. The molecule has 8 heteroatoms.